The molecule has 0 saturated carbocycles. The van der Waals surface area contributed by atoms with E-state index in [-0.39, 0.29) is 11.3 Å². The van der Waals surface area contributed by atoms with Gasteiger partial charge in [0.15, 0.2) is 6.10 Å². The van der Waals surface area contributed by atoms with Gasteiger partial charge in [-0.05, 0) is 25.4 Å². The minimum absolute atomic E-state index is 0.0696. The van der Waals surface area contributed by atoms with Gasteiger partial charge in [-0.3, -0.25) is 0 Å². The SMILES string of the molecule is C#CC(C)Oc1nc(Cl)nc(NCC)n1. The number of anilines is 1. The second kappa shape index (κ2) is 5.37. The standard InChI is InChI=1S/C9H11ClN4O/c1-4-6(3)15-9-13-7(10)12-8(14-9)11-5-2/h1,6H,5H2,2-3H3,(H,11,12,13,14). The van der Waals surface area contributed by atoms with Gasteiger partial charge < -0.3 is 10.1 Å². The summed E-state index contributed by atoms with van der Waals surface area (Å²) in [4.78, 5) is 11.6. The Kier molecular flexibility index (Phi) is 4.13. The quantitative estimate of drug-likeness (QED) is 0.786. The molecule has 0 aliphatic rings. The summed E-state index contributed by atoms with van der Waals surface area (Å²) in [6.07, 6.45) is 4.76. The third kappa shape index (κ3) is 3.60. The highest BCUT2D eigenvalue weighted by atomic mass is 35.5. The lowest BCUT2D eigenvalue weighted by atomic mass is 10.4. The summed E-state index contributed by atoms with van der Waals surface area (Å²) < 4.78 is 5.21. The molecule has 0 bridgehead atoms. The van der Waals surface area contributed by atoms with Crippen LogP contribution in [0.5, 0.6) is 6.01 Å². The van der Waals surface area contributed by atoms with Gasteiger partial charge in [0.2, 0.25) is 11.2 Å². The molecule has 0 aliphatic heterocycles. The molecule has 1 aromatic heterocycles. The van der Waals surface area contributed by atoms with Crippen molar-refractivity contribution in [1.29, 1.82) is 0 Å². The molecule has 6 heteroatoms. The fraction of sp³-hybridized carbons (Fsp3) is 0.444. The molecule has 0 fully saturated rings. The Labute approximate surface area is 93.2 Å². The van der Waals surface area contributed by atoms with Crippen LogP contribution < -0.4 is 10.1 Å². The molecule has 0 saturated heterocycles. The van der Waals surface area contributed by atoms with E-state index in [1.165, 1.54) is 0 Å². The molecular weight excluding hydrogens is 216 g/mol. The zero-order chi connectivity index (χ0) is 11.3. The molecule has 0 aromatic carbocycles. The normalized spacial score (nSPS) is 11.6. The average molecular weight is 227 g/mol. The molecule has 15 heavy (non-hydrogen) atoms. The van der Waals surface area contributed by atoms with Gasteiger partial charge in [0.1, 0.15) is 0 Å². The van der Waals surface area contributed by atoms with Crippen LogP contribution in [-0.4, -0.2) is 27.6 Å². The van der Waals surface area contributed by atoms with Crippen molar-refractivity contribution in [2.24, 2.45) is 0 Å². The third-order valence-corrected chi connectivity index (χ3v) is 1.61. The molecule has 1 aromatic rings. The molecule has 1 rings (SSSR count). The number of rotatable bonds is 4. The summed E-state index contributed by atoms with van der Waals surface area (Å²) in [5.74, 6) is 2.77. The molecule has 1 unspecified atom stereocenters. The van der Waals surface area contributed by atoms with E-state index in [0.29, 0.717) is 12.5 Å². The monoisotopic (exact) mass is 226 g/mol. The smallest absolute Gasteiger partial charge is 0.323 e. The molecule has 80 valence electrons. The van der Waals surface area contributed by atoms with Crippen molar-refractivity contribution >= 4 is 17.5 Å². The average Bonchev–Trinajstić information content (AvgIpc) is 2.17. The molecule has 1 heterocycles. The van der Waals surface area contributed by atoms with Crippen LogP contribution in [0.25, 0.3) is 0 Å². The largest absolute Gasteiger partial charge is 0.447 e. The Morgan fingerprint density at radius 1 is 1.53 bits per heavy atom. The number of nitrogens with zero attached hydrogens (tertiary/aromatic N) is 3. The first-order chi connectivity index (χ1) is 7.15. The number of halogens is 1. The number of hydrogen-bond acceptors (Lipinski definition) is 5. The number of hydrogen-bond donors (Lipinski definition) is 1. The maximum atomic E-state index is 5.68. The topological polar surface area (TPSA) is 59.9 Å². The number of aromatic nitrogens is 3. The van der Waals surface area contributed by atoms with Gasteiger partial charge in [0, 0.05) is 6.54 Å². The molecule has 1 atom stereocenters. The molecular formula is C9H11ClN4O. The van der Waals surface area contributed by atoms with Crippen molar-refractivity contribution in [2.75, 3.05) is 11.9 Å². The maximum absolute atomic E-state index is 5.68. The van der Waals surface area contributed by atoms with E-state index in [9.17, 15) is 0 Å². The van der Waals surface area contributed by atoms with Crippen LogP contribution in [0.3, 0.4) is 0 Å². The van der Waals surface area contributed by atoms with Crippen molar-refractivity contribution < 1.29 is 4.74 Å². The lowest BCUT2D eigenvalue weighted by molar-refractivity contribution is 0.255. The van der Waals surface area contributed by atoms with E-state index in [0.717, 1.165) is 0 Å². The first-order valence-electron chi connectivity index (χ1n) is 4.44. The van der Waals surface area contributed by atoms with Gasteiger partial charge in [-0.1, -0.05) is 5.92 Å². The molecule has 1 N–H and O–H groups in total. The zero-order valence-corrected chi connectivity index (χ0v) is 9.25. The second-order valence-corrected chi connectivity index (χ2v) is 3.01. The number of terminal acetylenes is 1. The first kappa shape index (κ1) is 11.5. The van der Waals surface area contributed by atoms with Gasteiger partial charge in [0.25, 0.3) is 0 Å². The van der Waals surface area contributed by atoms with E-state index in [1.54, 1.807) is 6.92 Å². The molecule has 5 nitrogen and oxygen atoms in total. The van der Waals surface area contributed by atoms with Crippen LogP contribution in [0.15, 0.2) is 0 Å². The van der Waals surface area contributed by atoms with Crippen molar-refractivity contribution in [3.8, 4) is 18.4 Å². The summed E-state index contributed by atoms with van der Waals surface area (Å²) >= 11 is 5.68. The van der Waals surface area contributed by atoms with E-state index in [1.807, 2.05) is 6.92 Å². The lowest BCUT2D eigenvalue weighted by Gasteiger charge is -2.08. The fourth-order valence-corrected chi connectivity index (χ4v) is 0.966. The van der Waals surface area contributed by atoms with E-state index in [2.05, 4.69) is 26.2 Å². The zero-order valence-electron chi connectivity index (χ0n) is 8.49. The van der Waals surface area contributed by atoms with E-state index >= 15 is 0 Å². The van der Waals surface area contributed by atoms with Crippen LogP contribution in [0.4, 0.5) is 5.95 Å². The summed E-state index contributed by atoms with van der Waals surface area (Å²) in [6.45, 7) is 4.32. The van der Waals surface area contributed by atoms with Gasteiger partial charge in [-0.25, -0.2) is 0 Å². The predicted octanol–water partition coefficient (Wildman–Crippen LogP) is 1.36. The first-order valence-corrected chi connectivity index (χ1v) is 4.81. The van der Waals surface area contributed by atoms with Crippen LogP contribution in [-0.2, 0) is 0 Å². The van der Waals surface area contributed by atoms with Crippen LogP contribution in [0.2, 0.25) is 5.28 Å². The minimum atomic E-state index is -0.405. The second-order valence-electron chi connectivity index (χ2n) is 2.67. The Morgan fingerprint density at radius 3 is 2.87 bits per heavy atom. The third-order valence-electron chi connectivity index (χ3n) is 1.44. The van der Waals surface area contributed by atoms with Crippen molar-refractivity contribution in [2.45, 2.75) is 20.0 Å². The molecule has 0 spiro atoms. The lowest BCUT2D eigenvalue weighted by Crippen LogP contribution is -2.12. The van der Waals surface area contributed by atoms with E-state index < -0.39 is 6.10 Å². The molecule has 0 amide bonds. The maximum Gasteiger partial charge on any atom is 0.323 e. The number of nitrogens with one attached hydrogen (secondary N) is 1. The summed E-state index contributed by atoms with van der Waals surface area (Å²) in [5, 5.41) is 2.97. The van der Waals surface area contributed by atoms with E-state index in [4.69, 9.17) is 22.8 Å². The van der Waals surface area contributed by atoms with Gasteiger partial charge in [0.05, 0.1) is 0 Å². The Balaban J connectivity index is 2.84. The molecule has 0 aliphatic carbocycles. The van der Waals surface area contributed by atoms with Crippen LogP contribution in [0.1, 0.15) is 13.8 Å². The Bertz CT molecular complexity index is 377. The van der Waals surface area contributed by atoms with Crippen LogP contribution in [0, 0.1) is 12.3 Å². The highest BCUT2D eigenvalue weighted by molar-refractivity contribution is 6.28. The predicted molar refractivity (Wildman–Crippen MR) is 57.9 cm³/mol. The summed E-state index contributed by atoms with van der Waals surface area (Å²) in [7, 11) is 0. The number of ether oxygens (including phenoxy) is 1. The van der Waals surface area contributed by atoms with Crippen molar-refractivity contribution in [1.82, 2.24) is 15.0 Å². The Hall–Kier alpha value is -1.54. The Morgan fingerprint density at radius 2 is 2.27 bits per heavy atom. The van der Waals surface area contributed by atoms with Gasteiger partial charge in [-0.2, -0.15) is 15.0 Å². The van der Waals surface area contributed by atoms with Crippen LogP contribution >= 0.6 is 11.6 Å². The molecule has 0 radical (unpaired) electrons. The van der Waals surface area contributed by atoms with Crippen molar-refractivity contribution in [3.63, 3.8) is 0 Å². The van der Waals surface area contributed by atoms with Crippen molar-refractivity contribution in [3.05, 3.63) is 5.28 Å². The van der Waals surface area contributed by atoms with Gasteiger partial charge >= 0.3 is 6.01 Å². The minimum Gasteiger partial charge on any atom is -0.447 e. The van der Waals surface area contributed by atoms with Gasteiger partial charge in [-0.15, -0.1) is 6.42 Å². The highest BCUT2D eigenvalue weighted by Gasteiger charge is 2.07. The highest BCUT2D eigenvalue weighted by Crippen LogP contribution is 2.12. The summed E-state index contributed by atoms with van der Waals surface area (Å²) in [5.41, 5.74) is 0. The summed E-state index contributed by atoms with van der Waals surface area (Å²) in [6, 6.07) is 0.122. The fourth-order valence-electron chi connectivity index (χ4n) is 0.814.